The van der Waals surface area contributed by atoms with Gasteiger partial charge >= 0.3 is 24.8 Å². The molecule has 0 radical (unpaired) electrons. The van der Waals surface area contributed by atoms with E-state index >= 15 is 0 Å². The molecular formula is C33H34LiN3O5S. The van der Waals surface area contributed by atoms with Crippen LogP contribution in [0.15, 0.2) is 97.1 Å². The summed E-state index contributed by atoms with van der Waals surface area (Å²) in [5.74, 6) is -0.892. The van der Waals surface area contributed by atoms with Gasteiger partial charge in [-0.1, -0.05) is 60.7 Å². The summed E-state index contributed by atoms with van der Waals surface area (Å²) in [5, 5.41) is 23.6. The number of hydrogen-bond acceptors (Lipinski definition) is 6. The molecule has 0 spiro atoms. The van der Waals surface area contributed by atoms with Gasteiger partial charge in [0.1, 0.15) is 6.04 Å². The molecule has 218 valence electrons. The molecule has 4 aromatic carbocycles. The van der Waals surface area contributed by atoms with Crippen molar-refractivity contribution in [1.29, 1.82) is 0 Å². The number of aliphatic carboxylic acids is 1. The Morgan fingerprint density at radius 1 is 0.907 bits per heavy atom. The van der Waals surface area contributed by atoms with Crippen LogP contribution >= 0.6 is 11.8 Å². The van der Waals surface area contributed by atoms with Crippen molar-refractivity contribution in [3.63, 3.8) is 0 Å². The van der Waals surface area contributed by atoms with Crippen LogP contribution in [0.4, 0.5) is 11.4 Å². The molecule has 0 aliphatic heterocycles. The van der Waals surface area contributed by atoms with Gasteiger partial charge in [0, 0.05) is 36.5 Å². The van der Waals surface area contributed by atoms with Crippen molar-refractivity contribution in [2.75, 3.05) is 16.9 Å². The van der Waals surface area contributed by atoms with E-state index < -0.39 is 22.8 Å². The molecule has 0 bridgehead atoms. The Labute approximate surface area is 267 Å². The summed E-state index contributed by atoms with van der Waals surface area (Å²) in [7, 11) is 0. The number of nitrogens with zero attached hydrogens (tertiary/aromatic N) is 2. The third-order valence-electron chi connectivity index (χ3n) is 6.99. The zero-order valence-electron chi connectivity index (χ0n) is 23.5. The predicted molar refractivity (Wildman–Crippen MR) is 175 cm³/mol. The van der Waals surface area contributed by atoms with Crippen LogP contribution in [0, 0.1) is 17.0 Å². The van der Waals surface area contributed by atoms with Crippen molar-refractivity contribution in [2.24, 2.45) is 0 Å². The number of non-ortho nitro benzene ring substituents is 1. The molecule has 10 heteroatoms. The van der Waals surface area contributed by atoms with Gasteiger partial charge < -0.3 is 15.3 Å². The van der Waals surface area contributed by atoms with Crippen molar-refractivity contribution in [2.45, 2.75) is 32.5 Å². The molecule has 0 aliphatic rings. The molecule has 0 aromatic heterocycles. The summed E-state index contributed by atoms with van der Waals surface area (Å²) in [6.45, 7) is 3.01. The first-order valence-corrected chi connectivity index (χ1v) is 14.9. The summed E-state index contributed by atoms with van der Waals surface area (Å²) in [4.78, 5) is 38.2. The third-order valence-corrected chi connectivity index (χ3v) is 7.64. The maximum atomic E-state index is 13.5. The van der Waals surface area contributed by atoms with Gasteiger partial charge in [-0.25, -0.2) is 4.79 Å². The van der Waals surface area contributed by atoms with Crippen molar-refractivity contribution in [1.82, 2.24) is 5.32 Å². The molecule has 1 amide bonds. The fraction of sp³-hybridized carbons (Fsp3) is 0.212. The molecule has 1 atom stereocenters. The standard InChI is InChI=1S/C33H33N3O5S.Li.H/c1-23-8-6-7-11-28(23)30-20-25(12-17-29(30)32(37)34-31(33(38)39)18-19-42-2)22-35(21-24-9-4-3-5-10-24)26-13-15-27(16-14-26)36(40)41;;/h3-17,20,31H,18-19,21-22H2,1-2H3,(H,34,37)(H,38,39);;/t31-;;/m0../s1. The molecular weight excluding hydrogens is 557 g/mol. The molecule has 4 aromatic rings. The SMILES string of the molecule is CSCC[C@H](NC(=O)c1ccc(CN(Cc2ccccc2)c2ccc([N+](=O)[O-])cc2)cc1-c1ccccc1C)C(=O)O.[LiH]. The van der Waals surface area contributed by atoms with Gasteiger partial charge in [0.2, 0.25) is 0 Å². The van der Waals surface area contributed by atoms with Crippen molar-refractivity contribution >= 4 is 53.9 Å². The van der Waals surface area contributed by atoms with Crippen LogP contribution in [0.1, 0.15) is 33.5 Å². The number of carbonyl (C=O) groups excluding carboxylic acids is 1. The molecule has 0 saturated heterocycles. The molecule has 0 aliphatic carbocycles. The number of benzene rings is 4. The van der Waals surface area contributed by atoms with E-state index in [0.29, 0.717) is 36.4 Å². The van der Waals surface area contributed by atoms with Gasteiger partial charge in [0.15, 0.2) is 0 Å². The molecule has 0 saturated carbocycles. The van der Waals surface area contributed by atoms with E-state index in [1.165, 1.54) is 23.9 Å². The average molecular weight is 592 g/mol. The minimum atomic E-state index is -1.06. The number of hydrogen-bond donors (Lipinski definition) is 2. The second kappa shape index (κ2) is 16.0. The first-order valence-electron chi connectivity index (χ1n) is 13.5. The second-order valence-corrected chi connectivity index (χ2v) is 10.9. The number of anilines is 1. The fourth-order valence-corrected chi connectivity index (χ4v) is 5.23. The summed E-state index contributed by atoms with van der Waals surface area (Å²) < 4.78 is 0. The van der Waals surface area contributed by atoms with Gasteiger partial charge in [-0.3, -0.25) is 14.9 Å². The van der Waals surface area contributed by atoms with E-state index in [0.717, 1.165) is 27.9 Å². The normalized spacial score (nSPS) is 11.2. The van der Waals surface area contributed by atoms with Crippen molar-refractivity contribution in [3.8, 4) is 11.1 Å². The van der Waals surface area contributed by atoms with E-state index in [4.69, 9.17) is 0 Å². The number of carbonyl (C=O) groups is 2. The van der Waals surface area contributed by atoms with Crippen molar-refractivity contribution < 1.29 is 19.6 Å². The Morgan fingerprint density at radius 3 is 2.19 bits per heavy atom. The summed E-state index contributed by atoms with van der Waals surface area (Å²) in [5.41, 5.74) is 5.82. The minimum absolute atomic E-state index is 0. The van der Waals surface area contributed by atoms with Crippen LogP contribution in [-0.2, 0) is 17.9 Å². The zero-order valence-corrected chi connectivity index (χ0v) is 24.3. The first-order chi connectivity index (χ1) is 20.3. The van der Waals surface area contributed by atoms with Crippen molar-refractivity contribution in [3.05, 3.63) is 129 Å². The number of carboxylic acids is 1. The van der Waals surface area contributed by atoms with Gasteiger partial charge in [-0.15, -0.1) is 0 Å². The number of nitro groups is 1. The second-order valence-electron chi connectivity index (χ2n) is 9.96. The summed E-state index contributed by atoms with van der Waals surface area (Å²) >= 11 is 1.53. The number of carboxylic acid groups (broad SMARTS) is 1. The topological polar surface area (TPSA) is 113 Å². The number of amides is 1. The summed E-state index contributed by atoms with van der Waals surface area (Å²) in [6.07, 6.45) is 2.22. The van der Waals surface area contributed by atoms with Crippen LogP contribution in [0.25, 0.3) is 11.1 Å². The Morgan fingerprint density at radius 2 is 1.56 bits per heavy atom. The Balaban J connectivity index is 0.00000506. The van der Waals surface area contributed by atoms with Crippen LogP contribution < -0.4 is 10.2 Å². The molecule has 4 rings (SSSR count). The van der Waals surface area contributed by atoms with Crippen LogP contribution in [0.5, 0.6) is 0 Å². The average Bonchev–Trinajstić information content (AvgIpc) is 2.99. The van der Waals surface area contributed by atoms with Gasteiger partial charge in [0.05, 0.1) is 4.92 Å². The molecule has 8 nitrogen and oxygen atoms in total. The number of nitrogens with one attached hydrogen (secondary N) is 1. The number of thioether (sulfide) groups is 1. The van der Waals surface area contributed by atoms with Crippen LogP contribution in [0.2, 0.25) is 0 Å². The summed E-state index contributed by atoms with van der Waals surface area (Å²) in [6, 6.07) is 28.8. The molecule has 43 heavy (non-hydrogen) atoms. The third kappa shape index (κ3) is 8.98. The fourth-order valence-electron chi connectivity index (χ4n) is 4.76. The molecule has 2 N–H and O–H groups in total. The number of nitro benzene ring substituents is 1. The molecule has 0 heterocycles. The van der Waals surface area contributed by atoms with E-state index in [1.807, 2.05) is 79.9 Å². The van der Waals surface area contributed by atoms with E-state index in [2.05, 4.69) is 10.2 Å². The monoisotopic (exact) mass is 591 g/mol. The zero-order chi connectivity index (χ0) is 30.1. The first kappa shape index (κ1) is 33.5. The number of rotatable bonds is 13. The number of aryl methyl sites for hydroxylation is 1. The predicted octanol–water partition coefficient (Wildman–Crippen LogP) is 6.06. The Bertz CT molecular complexity index is 1550. The van der Waals surface area contributed by atoms with E-state index in [9.17, 15) is 24.8 Å². The van der Waals surface area contributed by atoms with Gasteiger partial charge in [0.25, 0.3) is 11.6 Å². The Kier molecular flexibility index (Phi) is 12.4. The quantitative estimate of drug-likeness (QED) is 0.110. The van der Waals surface area contributed by atoms with E-state index in [1.54, 1.807) is 18.2 Å². The maximum absolute atomic E-state index is 13.5. The molecule has 0 fully saturated rings. The van der Waals surface area contributed by atoms with Crippen LogP contribution in [-0.4, -0.2) is 58.8 Å². The van der Waals surface area contributed by atoms with Gasteiger partial charge in [-0.2, -0.15) is 11.8 Å². The van der Waals surface area contributed by atoms with Crippen LogP contribution in [0.3, 0.4) is 0 Å². The van der Waals surface area contributed by atoms with Gasteiger partial charge in [-0.05, 0) is 77.4 Å². The Hall–Kier alpha value is -4.03. The molecule has 0 unspecified atom stereocenters. The van der Waals surface area contributed by atoms with E-state index in [-0.39, 0.29) is 24.5 Å².